The highest BCUT2D eigenvalue weighted by molar-refractivity contribution is 5.92. The first kappa shape index (κ1) is 24.0. The van der Waals surface area contributed by atoms with Gasteiger partial charge in [-0.3, -0.25) is 4.68 Å². The number of aromatic nitrogens is 5. The molecule has 3 N–H and O–H groups in total. The van der Waals surface area contributed by atoms with E-state index in [-0.39, 0.29) is 29.9 Å². The van der Waals surface area contributed by atoms with Crippen molar-refractivity contribution in [2.45, 2.75) is 25.9 Å². The maximum Gasteiger partial charge on any atom is 0.416 e. The number of nitrogens with zero attached hydrogens (tertiary/aromatic N) is 5. The third-order valence-corrected chi connectivity index (χ3v) is 5.74. The molecule has 8 nitrogen and oxygen atoms in total. The number of anilines is 2. The summed E-state index contributed by atoms with van der Waals surface area (Å²) < 4.78 is 48.8. The Kier molecular flexibility index (Phi) is 6.59. The van der Waals surface area contributed by atoms with Gasteiger partial charge in [-0.05, 0) is 46.3 Å². The van der Waals surface area contributed by atoms with Gasteiger partial charge in [0.05, 0.1) is 12.1 Å². The lowest BCUT2D eigenvalue weighted by Crippen LogP contribution is -2.13. The Morgan fingerprint density at radius 2 is 1.76 bits per heavy atom. The van der Waals surface area contributed by atoms with Crippen LogP contribution in [-0.2, 0) is 25.9 Å². The summed E-state index contributed by atoms with van der Waals surface area (Å²) in [5, 5.41) is 7.95. The molecule has 3 aromatic heterocycles. The second-order valence-electron chi connectivity index (χ2n) is 8.33. The Hall–Kier alpha value is -4.67. The summed E-state index contributed by atoms with van der Waals surface area (Å²) in [5.74, 6) is 0.682. The van der Waals surface area contributed by atoms with Gasteiger partial charge in [-0.2, -0.15) is 18.3 Å². The molecule has 0 aliphatic heterocycles. The summed E-state index contributed by atoms with van der Waals surface area (Å²) in [6, 6.07) is 15.4. The van der Waals surface area contributed by atoms with Crippen molar-refractivity contribution in [1.29, 1.82) is 0 Å². The Bertz CT molecular complexity index is 1500. The Labute approximate surface area is 210 Å². The number of rotatable bonds is 8. The summed E-state index contributed by atoms with van der Waals surface area (Å²) in [6.45, 7) is 0.838. The number of ether oxygens (including phenoxy) is 1. The lowest BCUT2D eigenvalue weighted by molar-refractivity contribution is -0.138. The molecule has 0 fully saturated rings. The van der Waals surface area contributed by atoms with Crippen LogP contribution in [0.15, 0.2) is 79.5 Å². The molecule has 3 heterocycles. The van der Waals surface area contributed by atoms with E-state index < -0.39 is 11.7 Å². The molecule has 0 atom stereocenters. The zero-order chi connectivity index (χ0) is 25.8. The fourth-order valence-corrected chi connectivity index (χ4v) is 3.88. The fourth-order valence-electron chi connectivity index (χ4n) is 3.88. The van der Waals surface area contributed by atoms with Crippen LogP contribution in [0.5, 0.6) is 5.88 Å². The van der Waals surface area contributed by atoms with Crippen LogP contribution in [-0.4, -0.2) is 24.7 Å². The van der Waals surface area contributed by atoms with E-state index in [1.807, 2.05) is 41.2 Å². The maximum atomic E-state index is 13.7. The molecule has 5 aromatic rings. The van der Waals surface area contributed by atoms with Gasteiger partial charge in [0.15, 0.2) is 0 Å². The highest BCUT2D eigenvalue weighted by atomic mass is 19.4. The lowest BCUT2D eigenvalue weighted by Gasteiger charge is -2.16. The lowest BCUT2D eigenvalue weighted by atomic mass is 10.0. The molecular formula is C26H22F3N7O. The largest absolute Gasteiger partial charge is 0.473 e. The zero-order valence-corrected chi connectivity index (χ0v) is 19.5. The van der Waals surface area contributed by atoms with Gasteiger partial charge in [0, 0.05) is 36.6 Å². The molecule has 0 radical (unpaired) electrons. The average molecular weight is 506 g/mol. The predicted molar refractivity (Wildman–Crippen MR) is 133 cm³/mol. The van der Waals surface area contributed by atoms with Crippen LogP contribution >= 0.6 is 0 Å². The van der Waals surface area contributed by atoms with Gasteiger partial charge >= 0.3 is 6.18 Å². The molecule has 0 aliphatic carbocycles. The Morgan fingerprint density at radius 1 is 0.946 bits per heavy atom. The van der Waals surface area contributed by atoms with E-state index in [9.17, 15) is 13.2 Å². The second-order valence-corrected chi connectivity index (χ2v) is 8.33. The number of pyridine rings is 1. The quantitative estimate of drug-likeness (QED) is 0.304. The number of hydrogen-bond acceptors (Lipinski definition) is 7. The minimum Gasteiger partial charge on any atom is -0.473 e. The van der Waals surface area contributed by atoms with Crippen molar-refractivity contribution in [2.24, 2.45) is 0 Å². The minimum absolute atomic E-state index is 0.0487. The zero-order valence-electron chi connectivity index (χ0n) is 19.5. The number of fused-ring (bicyclic) bond motifs is 1. The molecule has 0 saturated carbocycles. The number of hydrogen-bond donors (Lipinski definition) is 2. The van der Waals surface area contributed by atoms with Gasteiger partial charge in [0.1, 0.15) is 24.6 Å². The summed E-state index contributed by atoms with van der Waals surface area (Å²) >= 11 is 0. The van der Waals surface area contributed by atoms with Gasteiger partial charge < -0.3 is 15.8 Å². The predicted octanol–water partition coefficient (Wildman–Crippen LogP) is 5.06. The van der Waals surface area contributed by atoms with Crippen LogP contribution in [0.3, 0.4) is 0 Å². The summed E-state index contributed by atoms with van der Waals surface area (Å²) in [7, 11) is 0. The monoisotopic (exact) mass is 505 g/mol. The van der Waals surface area contributed by atoms with Gasteiger partial charge in [-0.1, -0.05) is 24.3 Å². The molecular weight excluding hydrogens is 483 g/mol. The molecule has 188 valence electrons. The number of benzene rings is 2. The van der Waals surface area contributed by atoms with Crippen molar-refractivity contribution in [3.8, 4) is 5.88 Å². The van der Waals surface area contributed by atoms with Crippen molar-refractivity contribution in [3.05, 3.63) is 102 Å². The normalized spacial score (nSPS) is 11.5. The third kappa shape index (κ3) is 5.77. The molecule has 11 heteroatoms. The molecule has 5 rings (SSSR count). The van der Waals surface area contributed by atoms with E-state index in [4.69, 9.17) is 10.5 Å². The second kappa shape index (κ2) is 10.1. The molecule has 0 bridgehead atoms. The van der Waals surface area contributed by atoms with Crippen molar-refractivity contribution >= 4 is 22.4 Å². The first-order chi connectivity index (χ1) is 17.8. The van der Waals surface area contributed by atoms with Gasteiger partial charge in [0.2, 0.25) is 5.88 Å². The highest BCUT2D eigenvalue weighted by Crippen LogP contribution is 2.36. The van der Waals surface area contributed by atoms with Gasteiger partial charge in [-0.15, -0.1) is 0 Å². The van der Waals surface area contributed by atoms with E-state index in [1.165, 1.54) is 18.6 Å². The molecule has 0 unspecified atom stereocenters. The molecule has 2 aromatic carbocycles. The molecule has 37 heavy (non-hydrogen) atoms. The Morgan fingerprint density at radius 3 is 2.51 bits per heavy atom. The molecule has 0 saturated heterocycles. The van der Waals surface area contributed by atoms with E-state index in [2.05, 4.69) is 25.4 Å². The van der Waals surface area contributed by atoms with E-state index in [0.29, 0.717) is 23.6 Å². The van der Waals surface area contributed by atoms with Crippen LogP contribution in [0.4, 0.5) is 24.8 Å². The van der Waals surface area contributed by atoms with E-state index in [1.54, 1.807) is 18.3 Å². The number of nitrogens with two attached hydrogens (primary N) is 1. The van der Waals surface area contributed by atoms with Crippen LogP contribution in [0.25, 0.3) is 10.8 Å². The Balaban J connectivity index is 1.25. The fraction of sp³-hybridized carbons (Fsp3) is 0.154. The maximum absolute atomic E-state index is 13.7. The van der Waals surface area contributed by atoms with E-state index in [0.717, 1.165) is 17.2 Å². The van der Waals surface area contributed by atoms with Crippen LogP contribution < -0.4 is 15.8 Å². The number of nitrogen functional groups attached to an aromatic ring is 1. The molecule has 0 spiro atoms. The average Bonchev–Trinajstić information content (AvgIpc) is 3.40. The van der Waals surface area contributed by atoms with Crippen molar-refractivity contribution in [3.63, 3.8) is 0 Å². The standard InChI is InChI=1S/C26H22F3N7O/c27-26(28,29)22-11-21-19(6-8-31-25(21)30)10-20(22)13-32-23-12-24(34-16-33-23)37-15-18-4-2-17(3-5-18)14-36-9-1-7-35-36/h1-12,16H,13-15H2,(H2,30,31)(H,32,33,34). The molecule has 0 amide bonds. The van der Waals surface area contributed by atoms with E-state index >= 15 is 0 Å². The van der Waals surface area contributed by atoms with Crippen LogP contribution in [0, 0.1) is 0 Å². The third-order valence-electron chi connectivity index (χ3n) is 5.74. The summed E-state index contributed by atoms with van der Waals surface area (Å²) in [5.41, 5.74) is 7.10. The van der Waals surface area contributed by atoms with Gasteiger partial charge in [0.25, 0.3) is 0 Å². The van der Waals surface area contributed by atoms with Crippen LogP contribution in [0.2, 0.25) is 0 Å². The topological polar surface area (TPSA) is 104 Å². The van der Waals surface area contributed by atoms with Crippen molar-refractivity contribution in [2.75, 3.05) is 11.1 Å². The first-order valence-corrected chi connectivity index (χ1v) is 11.3. The SMILES string of the molecule is Nc1nccc2cc(CNc3cc(OCc4ccc(Cn5cccn5)cc4)ncn3)c(C(F)(F)F)cc12. The van der Waals surface area contributed by atoms with Crippen LogP contribution in [0.1, 0.15) is 22.3 Å². The summed E-state index contributed by atoms with van der Waals surface area (Å²) in [6.07, 6.45) is 1.83. The smallest absolute Gasteiger partial charge is 0.416 e. The van der Waals surface area contributed by atoms with Crippen molar-refractivity contribution in [1.82, 2.24) is 24.7 Å². The minimum atomic E-state index is -4.55. The first-order valence-electron chi connectivity index (χ1n) is 11.3. The number of alkyl halides is 3. The summed E-state index contributed by atoms with van der Waals surface area (Å²) in [4.78, 5) is 12.1. The number of nitrogens with one attached hydrogen (secondary N) is 1. The van der Waals surface area contributed by atoms with Gasteiger partial charge in [-0.25, -0.2) is 15.0 Å². The highest BCUT2D eigenvalue weighted by Gasteiger charge is 2.33. The number of halogens is 3. The van der Waals surface area contributed by atoms with Crippen molar-refractivity contribution < 1.29 is 17.9 Å². The molecule has 0 aliphatic rings.